The highest BCUT2D eigenvalue weighted by Gasteiger charge is 2.33. The van der Waals surface area contributed by atoms with Gasteiger partial charge in [0, 0.05) is 10.9 Å². The Hall–Kier alpha value is -3.41. The average molecular weight is 480 g/mol. The molecule has 3 nitrogen and oxygen atoms in total. The molecule has 0 saturated heterocycles. The van der Waals surface area contributed by atoms with Crippen LogP contribution >= 0.6 is 0 Å². The number of anilines is 2. The molecule has 1 N–H and O–H groups in total. The Morgan fingerprint density at radius 1 is 1.09 bits per heavy atom. The van der Waals surface area contributed by atoms with E-state index in [9.17, 15) is 13.2 Å². The summed E-state index contributed by atoms with van der Waals surface area (Å²) in [7, 11) is 0. The maximum absolute atomic E-state index is 13.7. The van der Waals surface area contributed by atoms with E-state index in [1.165, 1.54) is 29.6 Å². The summed E-state index contributed by atoms with van der Waals surface area (Å²) in [4.78, 5) is 8.95. The summed E-state index contributed by atoms with van der Waals surface area (Å²) in [6.45, 7) is 12.2. The van der Waals surface area contributed by atoms with E-state index in [-0.39, 0.29) is 5.56 Å². The standard InChI is InChI=1S/C29H32F3N3/c1-7-19(5)27-26(16-21(8-2)24-11-9-10-12-25(24)29(30,31)32)33-17-34-28(27)35-22-13-14-23(18(3)4)20(6)15-22/h8-18H,7H2,1-6H3,(H,33,34,35)/b21-8+,26-16+,27-19+. The Labute approximate surface area is 205 Å². The molecule has 0 spiro atoms. The number of halogens is 3. The maximum atomic E-state index is 13.7. The predicted octanol–water partition coefficient (Wildman–Crippen LogP) is 7.14. The number of hydrogen-bond donors (Lipinski definition) is 1. The van der Waals surface area contributed by atoms with E-state index >= 15 is 0 Å². The van der Waals surface area contributed by atoms with E-state index in [4.69, 9.17) is 0 Å². The van der Waals surface area contributed by atoms with Crippen molar-refractivity contribution in [2.45, 2.75) is 60.1 Å². The normalized spacial score (nSPS) is 13.9. The summed E-state index contributed by atoms with van der Waals surface area (Å²) in [5.74, 6) is 1.05. The van der Waals surface area contributed by atoms with Crippen LogP contribution in [-0.2, 0) is 6.18 Å². The molecule has 0 amide bonds. The zero-order chi connectivity index (χ0) is 25.8. The third-order valence-corrected chi connectivity index (χ3v) is 6.13. The number of nitrogens with zero attached hydrogens (tertiary/aromatic N) is 2. The van der Waals surface area contributed by atoms with Gasteiger partial charge >= 0.3 is 6.18 Å². The van der Waals surface area contributed by atoms with E-state index in [0.717, 1.165) is 29.0 Å². The second kappa shape index (κ2) is 10.9. The first-order chi connectivity index (χ1) is 16.6. The minimum absolute atomic E-state index is 0.121. The molecule has 1 heterocycles. The summed E-state index contributed by atoms with van der Waals surface area (Å²) < 4.78 is 41.0. The van der Waals surface area contributed by atoms with Gasteiger partial charge in [-0.2, -0.15) is 13.2 Å². The number of nitrogens with one attached hydrogen (secondary N) is 1. The predicted molar refractivity (Wildman–Crippen MR) is 139 cm³/mol. The van der Waals surface area contributed by atoms with Crippen molar-refractivity contribution >= 4 is 28.7 Å². The van der Waals surface area contributed by atoms with E-state index in [1.54, 1.807) is 25.1 Å². The fourth-order valence-electron chi connectivity index (χ4n) is 4.18. The van der Waals surface area contributed by atoms with E-state index in [0.29, 0.717) is 22.7 Å². The SMILES string of the molecule is C\C=C(/C=c1/ncnc(Nc2ccc(C(C)C)c(C)c2)/c1=C(\C)CC)c1ccccc1C(F)(F)F. The van der Waals surface area contributed by atoms with Crippen molar-refractivity contribution < 1.29 is 13.2 Å². The number of alkyl halides is 3. The number of allylic oxidation sites excluding steroid dienone is 2. The Morgan fingerprint density at radius 2 is 1.80 bits per heavy atom. The van der Waals surface area contributed by atoms with Gasteiger partial charge in [-0.05, 0) is 79.6 Å². The highest BCUT2D eigenvalue weighted by Crippen LogP contribution is 2.35. The Morgan fingerprint density at radius 3 is 2.40 bits per heavy atom. The van der Waals surface area contributed by atoms with Gasteiger partial charge in [0.25, 0.3) is 0 Å². The van der Waals surface area contributed by atoms with Crippen molar-refractivity contribution in [1.29, 1.82) is 0 Å². The molecule has 35 heavy (non-hydrogen) atoms. The summed E-state index contributed by atoms with van der Waals surface area (Å²) in [6, 6.07) is 11.8. The van der Waals surface area contributed by atoms with E-state index in [2.05, 4.69) is 48.2 Å². The van der Waals surface area contributed by atoms with Gasteiger partial charge in [-0.15, -0.1) is 0 Å². The van der Waals surface area contributed by atoms with Crippen LogP contribution in [-0.4, -0.2) is 9.97 Å². The van der Waals surface area contributed by atoms with Gasteiger partial charge in [0.2, 0.25) is 0 Å². The van der Waals surface area contributed by atoms with Crippen LogP contribution < -0.4 is 15.9 Å². The molecule has 0 fully saturated rings. The van der Waals surface area contributed by atoms with Crippen LogP contribution in [0, 0.1) is 6.92 Å². The number of aromatic nitrogens is 2. The van der Waals surface area contributed by atoms with Crippen molar-refractivity contribution in [3.8, 4) is 0 Å². The molecule has 0 aliphatic heterocycles. The molecular formula is C29H32F3N3. The lowest BCUT2D eigenvalue weighted by Gasteiger charge is -2.14. The zero-order valence-corrected chi connectivity index (χ0v) is 21.1. The van der Waals surface area contributed by atoms with Crippen LogP contribution in [0.3, 0.4) is 0 Å². The van der Waals surface area contributed by atoms with Crippen molar-refractivity contribution in [1.82, 2.24) is 9.97 Å². The van der Waals surface area contributed by atoms with Gasteiger partial charge in [-0.25, -0.2) is 9.97 Å². The van der Waals surface area contributed by atoms with Gasteiger partial charge in [-0.1, -0.05) is 56.7 Å². The van der Waals surface area contributed by atoms with Crippen LogP contribution in [0.1, 0.15) is 69.2 Å². The van der Waals surface area contributed by atoms with Crippen LogP contribution in [0.4, 0.5) is 24.7 Å². The molecule has 0 saturated carbocycles. The lowest BCUT2D eigenvalue weighted by molar-refractivity contribution is -0.137. The minimum atomic E-state index is -4.45. The Balaban J connectivity index is 2.18. The van der Waals surface area contributed by atoms with Gasteiger partial charge in [-0.3, -0.25) is 0 Å². The summed E-state index contributed by atoms with van der Waals surface area (Å²) in [5.41, 5.74) is 4.30. The number of aryl methyl sites for hydroxylation is 1. The average Bonchev–Trinajstić information content (AvgIpc) is 2.81. The maximum Gasteiger partial charge on any atom is 0.417 e. The number of hydrogen-bond acceptors (Lipinski definition) is 3. The van der Waals surface area contributed by atoms with Crippen LogP contribution in [0.2, 0.25) is 0 Å². The monoisotopic (exact) mass is 479 g/mol. The third-order valence-electron chi connectivity index (χ3n) is 6.13. The molecular weight excluding hydrogens is 447 g/mol. The first-order valence-electron chi connectivity index (χ1n) is 11.8. The van der Waals surface area contributed by atoms with Crippen LogP contribution in [0.5, 0.6) is 0 Å². The van der Waals surface area contributed by atoms with Crippen molar-refractivity contribution in [3.63, 3.8) is 0 Å². The first-order valence-corrected chi connectivity index (χ1v) is 11.8. The fourth-order valence-corrected chi connectivity index (χ4v) is 4.18. The van der Waals surface area contributed by atoms with Gasteiger partial charge < -0.3 is 5.32 Å². The topological polar surface area (TPSA) is 37.8 Å². The first kappa shape index (κ1) is 26.2. The largest absolute Gasteiger partial charge is 0.417 e. The van der Waals surface area contributed by atoms with Gasteiger partial charge in [0.15, 0.2) is 0 Å². The quantitative estimate of drug-likeness (QED) is 0.408. The Kier molecular flexibility index (Phi) is 8.15. The highest BCUT2D eigenvalue weighted by molar-refractivity contribution is 5.89. The number of rotatable bonds is 6. The summed E-state index contributed by atoms with van der Waals surface area (Å²) >= 11 is 0. The smallest absolute Gasteiger partial charge is 0.340 e. The van der Waals surface area contributed by atoms with Gasteiger partial charge in [0.05, 0.1) is 10.9 Å². The molecule has 0 radical (unpaired) electrons. The number of benzene rings is 2. The van der Waals surface area contributed by atoms with Crippen molar-refractivity contribution in [2.24, 2.45) is 0 Å². The van der Waals surface area contributed by atoms with Crippen LogP contribution in [0.15, 0.2) is 54.9 Å². The van der Waals surface area contributed by atoms with Crippen molar-refractivity contribution in [2.75, 3.05) is 5.32 Å². The molecule has 0 unspecified atom stereocenters. The second-order valence-corrected chi connectivity index (χ2v) is 8.90. The molecule has 0 aliphatic carbocycles. The lowest BCUT2D eigenvalue weighted by Crippen LogP contribution is -2.33. The van der Waals surface area contributed by atoms with Crippen LogP contribution in [0.25, 0.3) is 17.2 Å². The molecule has 0 bridgehead atoms. The summed E-state index contributed by atoms with van der Waals surface area (Å²) in [5, 5.41) is 4.78. The zero-order valence-electron chi connectivity index (χ0n) is 21.1. The molecule has 0 atom stereocenters. The lowest BCUT2D eigenvalue weighted by atomic mass is 9.97. The molecule has 3 aromatic rings. The molecule has 0 aliphatic rings. The van der Waals surface area contributed by atoms with Crippen molar-refractivity contribution in [3.05, 3.63) is 87.7 Å². The third kappa shape index (κ3) is 5.99. The second-order valence-electron chi connectivity index (χ2n) is 8.90. The molecule has 1 aromatic heterocycles. The summed E-state index contributed by atoms with van der Waals surface area (Å²) in [6.07, 6.45) is 1.13. The van der Waals surface area contributed by atoms with E-state index < -0.39 is 11.7 Å². The molecule has 6 heteroatoms. The van der Waals surface area contributed by atoms with E-state index in [1.807, 2.05) is 19.9 Å². The highest BCUT2D eigenvalue weighted by atomic mass is 19.4. The molecule has 2 aromatic carbocycles. The van der Waals surface area contributed by atoms with Gasteiger partial charge in [0.1, 0.15) is 12.1 Å². The Bertz CT molecular complexity index is 1350. The molecule has 3 rings (SSSR count). The fraction of sp³-hybridized carbons (Fsp3) is 0.310. The minimum Gasteiger partial charge on any atom is -0.340 e. The molecule has 184 valence electrons.